The summed E-state index contributed by atoms with van der Waals surface area (Å²) in [5.41, 5.74) is 1.11. The number of aliphatic hydroxyl groups is 1. The van der Waals surface area contributed by atoms with E-state index in [2.05, 4.69) is 30.7 Å². The number of benzene rings is 1. The van der Waals surface area contributed by atoms with Crippen molar-refractivity contribution in [1.82, 2.24) is 19.8 Å². The van der Waals surface area contributed by atoms with E-state index in [0.717, 1.165) is 75.2 Å². The average molecular weight is 442 g/mol. The van der Waals surface area contributed by atoms with Crippen LogP contribution in [0.2, 0.25) is 0 Å². The molecule has 32 heavy (non-hydrogen) atoms. The molecule has 174 valence electrons. The minimum Gasteiger partial charge on any atom is -0.497 e. The molecule has 8 heteroatoms. The van der Waals surface area contributed by atoms with Crippen LogP contribution in [-0.2, 0) is 6.54 Å². The molecule has 8 nitrogen and oxygen atoms in total. The molecule has 0 bridgehead atoms. The van der Waals surface area contributed by atoms with Gasteiger partial charge in [-0.25, -0.2) is 9.97 Å². The van der Waals surface area contributed by atoms with Gasteiger partial charge in [0.05, 0.1) is 7.11 Å². The zero-order valence-electron chi connectivity index (χ0n) is 19.0. The maximum Gasteiger partial charge on any atom is 0.225 e. The molecule has 2 saturated heterocycles. The van der Waals surface area contributed by atoms with E-state index in [9.17, 15) is 5.11 Å². The van der Waals surface area contributed by atoms with Crippen molar-refractivity contribution in [3.63, 3.8) is 0 Å². The van der Waals surface area contributed by atoms with E-state index in [1.165, 1.54) is 12.8 Å². The number of ether oxygens (including phenoxy) is 2. The normalized spacial score (nSPS) is 19.0. The fourth-order valence-corrected chi connectivity index (χ4v) is 4.45. The van der Waals surface area contributed by atoms with Crippen molar-refractivity contribution in [2.45, 2.75) is 31.9 Å². The van der Waals surface area contributed by atoms with Crippen LogP contribution in [0.1, 0.15) is 24.8 Å². The lowest BCUT2D eigenvalue weighted by atomic mass is 10.1. The number of methoxy groups -OCH3 is 1. The van der Waals surface area contributed by atoms with Gasteiger partial charge in [0, 0.05) is 63.3 Å². The van der Waals surface area contributed by atoms with Gasteiger partial charge >= 0.3 is 0 Å². The van der Waals surface area contributed by atoms with Crippen LogP contribution >= 0.6 is 0 Å². The summed E-state index contributed by atoms with van der Waals surface area (Å²) >= 11 is 0. The minimum atomic E-state index is -0.496. The second kappa shape index (κ2) is 11.4. The van der Waals surface area contributed by atoms with E-state index < -0.39 is 6.10 Å². The fraction of sp³-hybridized carbons (Fsp3) is 0.583. The molecule has 0 saturated carbocycles. The van der Waals surface area contributed by atoms with E-state index in [1.54, 1.807) is 19.5 Å². The Morgan fingerprint density at radius 2 is 1.75 bits per heavy atom. The third-order valence-electron chi connectivity index (χ3n) is 6.19. The third-order valence-corrected chi connectivity index (χ3v) is 6.19. The van der Waals surface area contributed by atoms with Gasteiger partial charge in [-0.05, 0) is 44.5 Å². The Bertz CT molecular complexity index is 832. The molecule has 4 rings (SSSR count). The second-order valence-electron chi connectivity index (χ2n) is 8.61. The summed E-state index contributed by atoms with van der Waals surface area (Å²) in [6, 6.07) is 7.83. The Kier molecular flexibility index (Phi) is 8.14. The van der Waals surface area contributed by atoms with Gasteiger partial charge in [0.15, 0.2) is 0 Å². The van der Waals surface area contributed by atoms with E-state index in [-0.39, 0.29) is 6.61 Å². The molecular formula is C24H35N5O3. The van der Waals surface area contributed by atoms with Crippen molar-refractivity contribution in [2.75, 3.05) is 64.4 Å². The van der Waals surface area contributed by atoms with E-state index in [1.807, 2.05) is 18.2 Å². The maximum absolute atomic E-state index is 10.5. The molecule has 1 aromatic heterocycles. The van der Waals surface area contributed by atoms with Crippen molar-refractivity contribution < 1.29 is 14.6 Å². The first kappa shape index (κ1) is 22.8. The lowest BCUT2D eigenvalue weighted by molar-refractivity contribution is 0.0750. The standard InChI is InChI=1S/C24H35N5O3/c1-31-22-7-6-20(23(16-22)32-19-21(30)18-27-10-2-3-11-27)17-28-12-5-13-29(15-14-28)24-25-8-4-9-26-24/h4,6-9,16,21,30H,2-3,5,10-15,17-19H2,1H3/t21-/m0/s1. The van der Waals surface area contributed by atoms with Gasteiger partial charge in [0.2, 0.25) is 5.95 Å². The highest BCUT2D eigenvalue weighted by Gasteiger charge is 2.20. The van der Waals surface area contributed by atoms with Gasteiger partial charge in [-0.15, -0.1) is 0 Å². The largest absolute Gasteiger partial charge is 0.497 e. The topological polar surface area (TPSA) is 74.2 Å². The summed E-state index contributed by atoms with van der Waals surface area (Å²) in [6.45, 7) is 7.68. The SMILES string of the molecule is COc1ccc(CN2CCCN(c3ncccn3)CC2)c(OC[C@@H](O)CN2CCCC2)c1. The maximum atomic E-state index is 10.5. The van der Waals surface area contributed by atoms with E-state index in [4.69, 9.17) is 9.47 Å². The molecule has 0 spiro atoms. The smallest absolute Gasteiger partial charge is 0.225 e. The van der Waals surface area contributed by atoms with Crippen molar-refractivity contribution in [2.24, 2.45) is 0 Å². The number of aromatic nitrogens is 2. The number of hydrogen-bond acceptors (Lipinski definition) is 8. The molecule has 2 aliphatic rings. The zero-order valence-corrected chi connectivity index (χ0v) is 19.0. The van der Waals surface area contributed by atoms with Crippen molar-refractivity contribution >= 4 is 5.95 Å². The zero-order chi connectivity index (χ0) is 22.2. The summed E-state index contributed by atoms with van der Waals surface area (Å²) in [4.78, 5) is 15.8. The van der Waals surface area contributed by atoms with Crippen LogP contribution in [0.4, 0.5) is 5.95 Å². The number of likely N-dealkylation sites (tertiary alicyclic amines) is 1. The molecule has 2 aromatic rings. The Morgan fingerprint density at radius 1 is 0.969 bits per heavy atom. The quantitative estimate of drug-likeness (QED) is 0.634. The van der Waals surface area contributed by atoms with Crippen molar-refractivity contribution in [1.29, 1.82) is 0 Å². The van der Waals surface area contributed by atoms with Crippen molar-refractivity contribution in [3.05, 3.63) is 42.2 Å². The number of β-amino-alcohol motifs (C(OH)–C–C–N with tert-alkyl or cyclic N) is 1. The number of rotatable bonds is 9. The van der Waals surface area contributed by atoms with Crippen LogP contribution in [0.5, 0.6) is 11.5 Å². The Hall–Kier alpha value is -2.42. The first-order valence-corrected chi connectivity index (χ1v) is 11.7. The molecular weight excluding hydrogens is 406 g/mol. The summed E-state index contributed by atoms with van der Waals surface area (Å²) in [5.74, 6) is 2.35. The third kappa shape index (κ3) is 6.31. The Morgan fingerprint density at radius 3 is 2.53 bits per heavy atom. The molecule has 0 unspecified atom stereocenters. The van der Waals surface area contributed by atoms with Crippen LogP contribution in [0, 0.1) is 0 Å². The van der Waals surface area contributed by atoms with Crippen LogP contribution in [0.15, 0.2) is 36.7 Å². The summed E-state index contributed by atoms with van der Waals surface area (Å²) in [6.07, 6.45) is 6.59. The lowest BCUT2D eigenvalue weighted by Crippen LogP contribution is -2.34. The first-order valence-electron chi connectivity index (χ1n) is 11.7. The number of anilines is 1. The number of aliphatic hydroxyl groups excluding tert-OH is 1. The van der Waals surface area contributed by atoms with Gasteiger partial charge in [-0.1, -0.05) is 6.07 Å². The summed E-state index contributed by atoms with van der Waals surface area (Å²) in [5, 5.41) is 10.5. The molecule has 0 radical (unpaired) electrons. The van der Waals surface area contributed by atoms with Gasteiger partial charge in [0.1, 0.15) is 24.2 Å². The van der Waals surface area contributed by atoms with E-state index in [0.29, 0.717) is 6.54 Å². The Balaban J connectivity index is 1.36. The highest BCUT2D eigenvalue weighted by Crippen LogP contribution is 2.27. The Labute approximate surface area is 190 Å². The second-order valence-corrected chi connectivity index (χ2v) is 8.61. The first-order chi connectivity index (χ1) is 15.7. The molecule has 1 N–H and O–H groups in total. The highest BCUT2D eigenvalue weighted by molar-refractivity contribution is 5.41. The molecule has 2 fully saturated rings. The van der Waals surface area contributed by atoms with Crippen LogP contribution < -0.4 is 14.4 Å². The molecule has 2 aliphatic heterocycles. The average Bonchev–Trinajstić information content (AvgIpc) is 3.22. The summed E-state index contributed by atoms with van der Waals surface area (Å²) < 4.78 is 11.5. The fourth-order valence-electron chi connectivity index (χ4n) is 4.45. The van der Waals surface area contributed by atoms with Gasteiger partial charge < -0.3 is 24.4 Å². The number of hydrogen-bond donors (Lipinski definition) is 1. The minimum absolute atomic E-state index is 0.287. The molecule has 1 aromatic carbocycles. The predicted octanol–water partition coefficient (Wildman–Crippen LogP) is 2.03. The predicted molar refractivity (Wildman–Crippen MR) is 124 cm³/mol. The van der Waals surface area contributed by atoms with Crippen LogP contribution in [-0.4, -0.2) is 90.5 Å². The summed E-state index contributed by atoms with van der Waals surface area (Å²) in [7, 11) is 1.66. The molecule has 0 aliphatic carbocycles. The molecule has 0 amide bonds. The van der Waals surface area contributed by atoms with Crippen molar-refractivity contribution in [3.8, 4) is 11.5 Å². The highest BCUT2D eigenvalue weighted by atomic mass is 16.5. The molecule has 1 atom stereocenters. The number of nitrogens with zero attached hydrogens (tertiary/aromatic N) is 5. The van der Waals surface area contributed by atoms with Gasteiger partial charge in [-0.2, -0.15) is 0 Å². The monoisotopic (exact) mass is 441 g/mol. The van der Waals surface area contributed by atoms with Gasteiger partial charge in [0.25, 0.3) is 0 Å². The molecule has 3 heterocycles. The van der Waals surface area contributed by atoms with Crippen LogP contribution in [0.25, 0.3) is 0 Å². The lowest BCUT2D eigenvalue weighted by Gasteiger charge is -2.24. The van der Waals surface area contributed by atoms with Gasteiger partial charge in [-0.3, -0.25) is 4.90 Å². The van der Waals surface area contributed by atoms with Crippen LogP contribution in [0.3, 0.4) is 0 Å². The van der Waals surface area contributed by atoms with E-state index >= 15 is 0 Å².